The van der Waals surface area contributed by atoms with Crippen molar-refractivity contribution in [1.29, 1.82) is 0 Å². The Hall–Kier alpha value is -1.14. The molecule has 1 fully saturated rings. The summed E-state index contributed by atoms with van der Waals surface area (Å²) in [4.78, 5) is 23.8. The number of likely N-dealkylation sites (tertiary alicyclic amines) is 1. The van der Waals surface area contributed by atoms with E-state index in [2.05, 4.69) is 10.9 Å². The highest BCUT2D eigenvalue weighted by atomic mass is 16.3. The van der Waals surface area contributed by atoms with Crippen LogP contribution in [0.1, 0.15) is 26.7 Å². The molecule has 0 aromatic heterocycles. The van der Waals surface area contributed by atoms with Crippen LogP contribution in [-0.2, 0) is 9.59 Å². The van der Waals surface area contributed by atoms with E-state index in [-0.39, 0.29) is 18.4 Å². The third kappa shape index (κ3) is 4.59. The normalized spacial score (nSPS) is 26.2. The predicted octanol–water partition coefficient (Wildman–Crippen LogP) is -0.999. The maximum atomic E-state index is 11.4. The van der Waals surface area contributed by atoms with Crippen molar-refractivity contribution in [1.82, 2.24) is 15.8 Å². The van der Waals surface area contributed by atoms with E-state index in [0.717, 1.165) is 19.4 Å². The molecule has 1 heterocycles. The van der Waals surface area contributed by atoms with Gasteiger partial charge in [0, 0.05) is 13.5 Å². The van der Waals surface area contributed by atoms with E-state index in [1.165, 1.54) is 6.92 Å². The van der Waals surface area contributed by atoms with Crippen LogP contribution in [0.5, 0.6) is 0 Å². The fourth-order valence-corrected chi connectivity index (χ4v) is 1.86. The number of nitrogens with one attached hydrogen (secondary N) is 2. The van der Waals surface area contributed by atoms with Crippen LogP contribution in [0.25, 0.3) is 0 Å². The lowest BCUT2D eigenvalue weighted by atomic mass is 9.95. The molecule has 2 amide bonds. The van der Waals surface area contributed by atoms with Crippen LogP contribution in [0, 0.1) is 0 Å². The Morgan fingerprint density at radius 2 is 2.12 bits per heavy atom. The van der Waals surface area contributed by atoms with Gasteiger partial charge in [0.05, 0.1) is 12.1 Å². The number of carbonyl (C=O) groups is 2. The molecule has 1 rings (SSSR count). The summed E-state index contributed by atoms with van der Waals surface area (Å²) in [7, 11) is 0. The van der Waals surface area contributed by atoms with Crippen molar-refractivity contribution in [3.05, 3.63) is 0 Å². The quantitative estimate of drug-likeness (QED) is 0.531. The highest BCUT2D eigenvalue weighted by Crippen LogP contribution is 2.19. The Morgan fingerprint density at radius 3 is 2.69 bits per heavy atom. The minimum Gasteiger partial charge on any atom is -0.389 e. The van der Waals surface area contributed by atoms with Gasteiger partial charge in [-0.2, -0.15) is 0 Å². The molecule has 0 radical (unpaired) electrons. The highest BCUT2D eigenvalue weighted by molar-refractivity contribution is 5.81. The Kier molecular flexibility index (Phi) is 4.26. The zero-order valence-corrected chi connectivity index (χ0v) is 9.75. The van der Waals surface area contributed by atoms with E-state index in [1.807, 2.05) is 4.90 Å². The molecular weight excluding hydrogens is 210 g/mol. The van der Waals surface area contributed by atoms with Gasteiger partial charge in [0.2, 0.25) is 5.91 Å². The van der Waals surface area contributed by atoms with Crippen LogP contribution in [-0.4, -0.2) is 47.1 Å². The van der Waals surface area contributed by atoms with Gasteiger partial charge in [0.1, 0.15) is 0 Å². The first kappa shape index (κ1) is 12.9. The third-order valence-electron chi connectivity index (χ3n) is 2.50. The number of amides is 2. The Labute approximate surface area is 95.0 Å². The number of rotatable bonds is 2. The molecule has 16 heavy (non-hydrogen) atoms. The molecule has 0 saturated carbocycles. The van der Waals surface area contributed by atoms with E-state index >= 15 is 0 Å². The van der Waals surface area contributed by atoms with Gasteiger partial charge >= 0.3 is 0 Å². The number of piperidine rings is 1. The fourth-order valence-electron chi connectivity index (χ4n) is 1.86. The molecule has 0 aromatic carbocycles. The Balaban J connectivity index is 2.31. The first-order valence-corrected chi connectivity index (χ1v) is 5.39. The lowest BCUT2D eigenvalue weighted by Crippen LogP contribution is -2.51. The molecule has 1 saturated heterocycles. The summed E-state index contributed by atoms with van der Waals surface area (Å²) >= 11 is 0. The Bertz CT molecular complexity index is 278. The van der Waals surface area contributed by atoms with Crippen molar-refractivity contribution in [2.75, 3.05) is 19.6 Å². The number of hydrogen-bond acceptors (Lipinski definition) is 4. The molecule has 0 aliphatic carbocycles. The van der Waals surface area contributed by atoms with Crippen molar-refractivity contribution in [2.45, 2.75) is 32.3 Å². The molecule has 6 nitrogen and oxygen atoms in total. The van der Waals surface area contributed by atoms with Gasteiger partial charge in [-0.25, -0.2) is 0 Å². The number of nitrogens with zero attached hydrogens (tertiary/aromatic N) is 1. The summed E-state index contributed by atoms with van der Waals surface area (Å²) in [5.41, 5.74) is 3.81. The van der Waals surface area contributed by atoms with E-state index in [1.54, 1.807) is 6.92 Å². The van der Waals surface area contributed by atoms with Crippen LogP contribution in [0.3, 0.4) is 0 Å². The lowest BCUT2D eigenvalue weighted by Gasteiger charge is -2.36. The first-order valence-electron chi connectivity index (χ1n) is 5.39. The molecule has 92 valence electrons. The predicted molar refractivity (Wildman–Crippen MR) is 58.3 cm³/mol. The van der Waals surface area contributed by atoms with Crippen LogP contribution in [0.2, 0.25) is 0 Å². The number of aliphatic hydroxyl groups is 1. The smallest absolute Gasteiger partial charge is 0.252 e. The van der Waals surface area contributed by atoms with Gasteiger partial charge in [-0.15, -0.1) is 0 Å². The first-order chi connectivity index (χ1) is 7.39. The third-order valence-corrected chi connectivity index (χ3v) is 2.50. The number of carbonyl (C=O) groups excluding carboxylic acids is 2. The summed E-state index contributed by atoms with van der Waals surface area (Å²) in [6.07, 6.45) is 1.64. The van der Waals surface area contributed by atoms with E-state index in [9.17, 15) is 14.7 Å². The van der Waals surface area contributed by atoms with Crippen molar-refractivity contribution in [3.8, 4) is 0 Å². The topological polar surface area (TPSA) is 81.7 Å². The van der Waals surface area contributed by atoms with Gasteiger partial charge in [-0.3, -0.25) is 25.3 Å². The average Bonchev–Trinajstić information content (AvgIpc) is 2.13. The molecular formula is C10H19N3O3. The maximum Gasteiger partial charge on any atom is 0.252 e. The molecule has 0 bridgehead atoms. The number of hydrazine groups is 1. The molecule has 0 spiro atoms. The van der Waals surface area contributed by atoms with Gasteiger partial charge in [0.25, 0.3) is 5.91 Å². The maximum absolute atomic E-state index is 11.4. The van der Waals surface area contributed by atoms with Crippen LogP contribution in [0.15, 0.2) is 0 Å². The van der Waals surface area contributed by atoms with Crippen molar-refractivity contribution in [2.24, 2.45) is 0 Å². The van der Waals surface area contributed by atoms with Gasteiger partial charge in [-0.1, -0.05) is 0 Å². The summed E-state index contributed by atoms with van der Waals surface area (Å²) in [6.45, 7) is 4.57. The molecule has 6 heteroatoms. The van der Waals surface area contributed by atoms with Crippen LogP contribution < -0.4 is 10.9 Å². The molecule has 1 aliphatic heterocycles. The van der Waals surface area contributed by atoms with Crippen molar-refractivity contribution >= 4 is 11.8 Å². The lowest BCUT2D eigenvalue weighted by molar-refractivity contribution is -0.129. The molecule has 1 unspecified atom stereocenters. The Morgan fingerprint density at radius 1 is 1.44 bits per heavy atom. The van der Waals surface area contributed by atoms with Crippen molar-refractivity contribution in [3.63, 3.8) is 0 Å². The molecule has 1 aliphatic rings. The minimum atomic E-state index is -0.716. The van der Waals surface area contributed by atoms with Gasteiger partial charge in [-0.05, 0) is 26.3 Å². The number of β-amino-alcohol motifs (C(OH)–C–C–N with tert-alkyl or cyclic N) is 1. The summed E-state index contributed by atoms with van der Waals surface area (Å²) in [5, 5.41) is 9.83. The zero-order chi connectivity index (χ0) is 12.2. The summed E-state index contributed by atoms with van der Waals surface area (Å²) in [6, 6.07) is 0. The average molecular weight is 229 g/mol. The van der Waals surface area contributed by atoms with Gasteiger partial charge < -0.3 is 5.11 Å². The second-order valence-corrected chi connectivity index (χ2v) is 4.54. The molecule has 3 N–H and O–H groups in total. The molecule has 1 atom stereocenters. The second-order valence-electron chi connectivity index (χ2n) is 4.54. The fraction of sp³-hybridized carbons (Fsp3) is 0.800. The summed E-state index contributed by atoms with van der Waals surface area (Å²) < 4.78 is 0. The monoisotopic (exact) mass is 229 g/mol. The van der Waals surface area contributed by atoms with Crippen LogP contribution >= 0.6 is 0 Å². The second kappa shape index (κ2) is 5.27. The van der Waals surface area contributed by atoms with Crippen LogP contribution in [0.4, 0.5) is 0 Å². The highest BCUT2D eigenvalue weighted by Gasteiger charge is 2.29. The van der Waals surface area contributed by atoms with E-state index < -0.39 is 5.60 Å². The zero-order valence-electron chi connectivity index (χ0n) is 9.75. The molecule has 0 aromatic rings. The standard InChI is InChI=1S/C10H19N3O3/c1-8(14)11-12-9(15)6-13-5-3-4-10(2,16)7-13/h16H,3-7H2,1-2H3,(H,11,14)(H,12,15). The summed E-state index contributed by atoms with van der Waals surface area (Å²) in [5.74, 6) is -0.577. The van der Waals surface area contributed by atoms with E-state index in [0.29, 0.717) is 6.54 Å². The number of hydrogen-bond donors (Lipinski definition) is 3. The van der Waals surface area contributed by atoms with E-state index in [4.69, 9.17) is 0 Å². The largest absolute Gasteiger partial charge is 0.389 e. The van der Waals surface area contributed by atoms with Crippen molar-refractivity contribution < 1.29 is 14.7 Å². The minimum absolute atomic E-state index is 0.191. The van der Waals surface area contributed by atoms with Gasteiger partial charge in [0.15, 0.2) is 0 Å². The SMILES string of the molecule is CC(=O)NNC(=O)CN1CCCC(C)(O)C1.